The van der Waals surface area contributed by atoms with Crippen LogP contribution in [0.5, 0.6) is 5.75 Å². The number of rotatable bonds is 9. The number of aromatic nitrogens is 4. The molecule has 7 nitrogen and oxygen atoms in total. The molecule has 0 atom stereocenters. The topological polar surface area (TPSA) is 74.0 Å². The Morgan fingerprint density at radius 2 is 1.89 bits per heavy atom. The highest BCUT2D eigenvalue weighted by Crippen LogP contribution is 2.20. The predicted octanol–water partition coefficient (Wildman–Crippen LogP) is 3.47. The van der Waals surface area contributed by atoms with Gasteiger partial charge in [0.1, 0.15) is 5.75 Å². The van der Waals surface area contributed by atoms with E-state index in [1.165, 1.54) is 11.8 Å². The second kappa shape index (κ2) is 9.27. The highest BCUT2D eigenvalue weighted by molar-refractivity contribution is 7.99. The molecule has 0 spiro atoms. The first-order chi connectivity index (χ1) is 13.2. The van der Waals surface area contributed by atoms with Crippen molar-refractivity contribution in [2.45, 2.75) is 31.8 Å². The average Bonchev–Trinajstić information content (AvgIpc) is 3.32. The third kappa shape index (κ3) is 4.91. The van der Waals surface area contributed by atoms with Crippen LogP contribution in [0.4, 0.5) is 5.69 Å². The summed E-state index contributed by atoms with van der Waals surface area (Å²) in [5.74, 6) is 1.82. The summed E-state index contributed by atoms with van der Waals surface area (Å²) in [7, 11) is 0. The summed E-state index contributed by atoms with van der Waals surface area (Å²) < 4.78 is 9.28. The fourth-order valence-corrected chi connectivity index (χ4v) is 3.34. The maximum absolute atomic E-state index is 12.3. The van der Waals surface area contributed by atoms with Gasteiger partial charge in [-0.1, -0.05) is 18.7 Å². The minimum atomic E-state index is -0.0942. The van der Waals surface area contributed by atoms with E-state index in [1.54, 1.807) is 0 Å². The molecule has 0 fully saturated rings. The molecule has 0 aliphatic carbocycles. The Morgan fingerprint density at radius 1 is 1.15 bits per heavy atom. The second-order valence-corrected chi connectivity index (χ2v) is 6.76. The molecular formula is C19H23N5O2S. The summed E-state index contributed by atoms with van der Waals surface area (Å²) >= 11 is 1.36. The number of hydrogen-bond donors (Lipinski definition) is 1. The largest absolute Gasteiger partial charge is 0.494 e. The quantitative estimate of drug-likeness (QED) is 0.571. The fourth-order valence-electron chi connectivity index (χ4n) is 2.58. The molecule has 1 N–H and O–H groups in total. The van der Waals surface area contributed by atoms with Crippen molar-refractivity contribution >= 4 is 23.4 Å². The van der Waals surface area contributed by atoms with Gasteiger partial charge in [-0.2, -0.15) is 0 Å². The molecule has 0 radical (unpaired) electrons. The zero-order valence-electron chi connectivity index (χ0n) is 15.5. The van der Waals surface area contributed by atoms with E-state index in [2.05, 4.69) is 22.4 Å². The number of aryl methyl sites for hydroxylation is 1. The van der Waals surface area contributed by atoms with Crippen molar-refractivity contribution < 1.29 is 9.53 Å². The van der Waals surface area contributed by atoms with Gasteiger partial charge in [0, 0.05) is 24.5 Å². The predicted molar refractivity (Wildman–Crippen MR) is 106 cm³/mol. The van der Waals surface area contributed by atoms with Gasteiger partial charge in [0.25, 0.3) is 0 Å². The summed E-state index contributed by atoms with van der Waals surface area (Å²) in [6, 6.07) is 11.2. The number of nitrogens with zero attached hydrogens (tertiary/aromatic N) is 4. The third-order valence-corrected chi connectivity index (χ3v) is 4.67. The Morgan fingerprint density at radius 3 is 2.56 bits per heavy atom. The lowest BCUT2D eigenvalue weighted by molar-refractivity contribution is -0.113. The normalized spacial score (nSPS) is 10.7. The van der Waals surface area contributed by atoms with Gasteiger partial charge in [-0.25, -0.2) is 4.68 Å². The van der Waals surface area contributed by atoms with Gasteiger partial charge in [0.15, 0.2) is 5.82 Å². The number of amides is 1. The maximum atomic E-state index is 12.3. The summed E-state index contributed by atoms with van der Waals surface area (Å²) in [5, 5.41) is 12.1. The molecule has 2 aromatic heterocycles. The van der Waals surface area contributed by atoms with Crippen molar-refractivity contribution in [3.8, 4) is 5.75 Å². The van der Waals surface area contributed by atoms with Gasteiger partial charge in [0.2, 0.25) is 11.1 Å². The molecule has 8 heteroatoms. The Bertz CT molecular complexity index is 859. The molecule has 0 unspecified atom stereocenters. The van der Waals surface area contributed by atoms with E-state index in [0.29, 0.717) is 11.8 Å². The van der Waals surface area contributed by atoms with E-state index < -0.39 is 0 Å². The van der Waals surface area contributed by atoms with E-state index in [4.69, 9.17) is 4.74 Å². The van der Waals surface area contributed by atoms with Crippen LogP contribution < -0.4 is 10.1 Å². The molecule has 27 heavy (non-hydrogen) atoms. The molecular weight excluding hydrogens is 362 g/mol. The first-order valence-electron chi connectivity index (χ1n) is 8.94. The lowest BCUT2D eigenvalue weighted by Gasteiger charge is -2.11. The van der Waals surface area contributed by atoms with Gasteiger partial charge in [-0.3, -0.25) is 9.47 Å². The van der Waals surface area contributed by atoms with E-state index >= 15 is 0 Å². The smallest absolute Gasteiger partial charge is 0.234 e. The van der Waals surface area contributed by atoms with Gasteiger partial charge in [0.05, 0.1) is 12.4 Å². The fraction of sp³-hybridized carbons (Fsp3) is 0.316. The zero-order valence-corrected chi connectivity index (χ0v) is 16.3. The third-order valence-electron chi connectivity index (χ3n) is 3.75. The number of benzene rings is 1. The molecule has 1 amide bonds. The van der Waals surface area contributed by atoms with Crippen LogP contribution in [-0.2, 0) is 11.2 Å². The average molecular weight is 385 g/mol. The Kier molecular flexibility index (Phi) is 6.54. The first kappa shape index (κ1) is 19.0. The maximum Gasteiger partial charge on any atom is 0.234 e. The van der Waals surface area contributed by atoms with Crippen LogP contribution in [0.25, 0.3) is 0 Å². The van der Waals surface area contributed by atoms with Crippen LogP contribution in [0.2, 0.25) is 0 Å². The zero-order chi connectivity index (χ0) is 19.1. The molecule has 3 aromatic rings. The van der Waals surface area contributed by atoms with Crippen LogP contribution >= 0.6 is 11.8 Å². The monoisotopic (exact) mass is 385 g/mol. The van der Waals surface area contributed by atoms with Gasteiger partial charge < -0.3 is 10.1 Å². The highest BCUT2D eigenvalue weighted by Gasteiger charge is 2.15. The summed E-state index contributed by atoms with van der Waals surface area (Å²) in [5.41, 5.74) is 0.739. The number of carbonyl (C=O) groups is 1. The van der Waals surface area contributed by atoms with Gasteiger partial charge in [-0.05, 0) is 49.7 Å². The van der Waals surface area contributed by atoms with Crippen LogP contribution in [0.15, 0.2) is 53.9 Å². The molecule has 1 aromatic carbocycles. The number of anilines is 1. The molecule has 0 saturated heterocycles. The van der Waals surface area contributed by atoms with Crippen molar-refractivity contribution in [3.05, 3.63) is 54.6 Å². The Hall–Kier alpha value is -2.74. The lowest BCUT2D eigenvalue weighted by Crippen LogP contribution is -2.16. The number of thioether (sulfide) groups is 1. The lowest BCUT2D eigenvalue weighted by atomic mass is 10.3. The summed E-state index contributed by atoms with van der Waals surface area (Å²) in [4.78, 5) is 12.3. The van der Waals surface area contributed by atoms with Gasteiger partial charge in [-0.15, -0.1) is 10.2 Å². The second-order valence-electron chi connectivity index (χ2n) is 5.82. The molecule has 0 aliphatic rings. The van der Waals surface area contributed by atoms with Crippen molar-refractivity contribution in [1.29, 1.82) is 0 Å². The molecule has 2 heterocycles. The Labute approximate surface area is 162 Å². The Balaban J connectivity index is 1.63. The van der Waals surface area contributed by atoms with Crippen LogP contribution in [0.3, 0.4) is 0 Å². The summed E-state index contributed by atoms with van der Waals surface area (Å²) in [6.07, 6.45) is 5.67. The molecule has 0 bridgehead atoms. The molecule has 0 saturated carbocycles. The van der Waals surface area contributed by atoms with Crippen molar-refractivity contribution in [1.82, 2.24) is 19.5 Å². The molecule has 0 aliphatic heterocycles. The van der Waals surface area contributed by atoms with E-state index in [9.17, 15) is 4.79 Å². The van der Waals surface area contributed by atoms with Crippen LogP contribution in [0, 0.1) is 0 Å². The molecule has 3 rings (SSSR count). The van der Waals surface area contributed by atoms with E-state index in [0.717, 1.165) is 30.1 Å². The summed E-state index contributed by atoms with van der Waals surface area (Å²) in [6.45, 7) is 4.65. The van der Waals surface area contributed by atoms with Gasteiger partial charge >= 0.3 is 0 Å². The first-order valence-corrected chi connectivity index (χ1v) is 9.93. The standard InChI is InChI=1S/C19H23N5O2S/c1-3-7-17-21-22-19(24(17)23-12-5-6-13-23)27-14-18(25)20-15-8-10-16(11-9-15)26-4-2/h5-6,8-13H,3-4,7,14H2,1-2H3,(H,20,25). The van der Waals surface area contributed by atoms with Crippen molar-refractivity contribution in [2.24, 2.45) is 0 Å². The van der Waals surface area contributed by atoms with Crippen molar-refractivity contribution in [2.75, 3.05) is 17.7 Å². The molecule has 142 valence electrons. The minimum Gasteiger partial charge on any atom is -0.494 e. The SMILES string of the molecule is CCCc1nnc(SCC(=O)Nc2ccc(OCC)cc2)n1-n1cccc1. The van der Waals surface area contributed by atoms with Crippen LogP contribution in [-0.4, -0.2) is 37.8 Å². The van der Waals surface area contributed by atoms with E-state index in [1.807, 2.05) is 65.1 Å². The van der Waals surface area contributed by atoms with E-state index in [-0.39, 0.29) is 11.7 Å². The van der Waals surface area contributed by atoms with Crippen LogP contribution in [0.1, 0.15) is 26.1 Å². The van der Waals surface area contributed by atoms with Crippen molar-refractivity contribution in [3.63, 3.8) is 0 Å². The highest BCUT2D eigenvalue weighted by atomic mass is 32.2. The number of ether oxygens (including phenoxy) is 1. The number of hydrogen-bond acceptors (Lipinski definition) is 5. The number of carbonyl (C=O) groups excluding carboxylic acids is 1. The minimum absolute atomic E-state index is 0.0942. The number of nitrogens with one attached hydrogen (secondary N) is 1.